The highest BCUT2D eigenvalue weighted by Crippen LogP contribution is 2.33. The molecule has 0 saturated heterocycles. The van der Waals surface area contributed by atoms with Crippen LogP contribution in [-0.4, -0.2) is 23.3 Å². The molecule has 0 unspecified atom stereocenters. The molecule has 144 valence electrons. The zero-order chi connectivity index (χ0) is 18.3. The van der Waals surface area contributed by atoms with Crippen LogP contribution >= 0.6 is 23.5 Å². The fourth-order valence-corrected chi connectivity index (χ4v) is 5.07. The maximum atomic E-state index is 12.0. The molecule has 0 aliphatic carbocycles. The van der Waals surface area contributed by atoms with E-state index < -0.39 is 0 Å². The molecule has 1 aliphatic rings. The van der Waals surface area contributed by atoms with Crippen molar-refractivity contribution in [2.75, 3.05) is 11.5 Å². The molecule has 1 N–H and O–H groups in total. The number of nitrogens with one attached hydrogen (secondary N) is 1. The maximum Gasteiger partial charge on any atom is 0.265 e. The van der Waals surface area contributed by atoms with Crippen LogP contribution in [0, 0.1) is 0 Å². The summed E-state index contributed by atoms with van der Waals surface area (Å²) in [4.78, 5) is 25.3. The van der Waals surface area contributed by atoms with Gasteiger partial charge in [0.2, 0.25) is 0 Å². The van der Waals surface area contributed by atoms with Crippen molar-refractivity contribution in [2.45, 2.75) is 90.9 Å². The Kier molecular flexibility index (Phi) is 13.3. The van der Waals surface area contributed by atoms with Crippen molar-refractivity contribution in [1.29, 1.82) is 0 Å². The van der Waals surface area contributed by atoms with E-state index in [0.29, 0.717) is 9.81 Å². The van der Waals surface area contributed by atoms with Gasteiger partial charge < -0.3 is 0 Å². The molecule has 1 aliphatic heterocycles. The van der Waals surface area contributed by atoms with E-state index in [1.54, 1.807) is 23.5 Å². The Balaban J connectivity index is 2.26. The van der Waals surface area contributed by atoms with Gasteiger partial charge in [-0.05, 0) is 24.3 Å². The van der Waals surface area contributed by atoms with Crippen molar-refractivity contribution < 1.29 is 9.59 Å². The second-order valence-corrected chi connectivity index (χ2v) is 8.88. The topological polar surface area (TPSA) is 46.2 Å². The van der Waals surface area contributed by atoms with Gasteiger partial charge in [0, 0.05) is 0 Å². The van der Waals surface area contributed by atoms with Crippen molar-refractivity contribution in [3.8, 4) is 0 Å². The Hall–Kier alpha value is -0.420. The fourth-order valence-electron chi connectivity index (χ4n) is 2.80. The van der Waals surface area contributed by atoms with Crippen LogP contribution in [0.4, 0.5) is 0 Å². The average Bonchev–Trinajstić information content (AvgIpc) is 2.86. The summed E-state index contributed by atoms with van der Waals surface area (Å²) in [5.74, 6) is 1.49. The van der Waals surface area contributed by atoms with Crippen molar-refractivity contribution in [2.24, 2.45) is 0 Å². The van der Waals surface area contributed by atoms with Crippen LogP contribution in [0.5, 0.6) is 0 Å². The molecule has 5 heteroatoms. The first-order valence-electron chi connectivity index (χ1n) is 10.1. The Morgan fingerprint density at radius 3 is 1.36 bits per heavy atom. The van der Waals surface area contributed by atoms with Crippen molar-refractivity contribution in [1.82, 2.24) is 5.32 Å². The Bertz CT molecular complexity index is 397. The zero-order valence-corrected chi connectivity index (χ0v) is 17.7. The summed E-state index contributed by atoms with van der Waals surface area (Å²) >= 11 is 3.14. The van der Waals surface area contributed by atoms with Crippen LogP contribution in [-0.2, 0) is 9.59 Å². The highest BCUT2D eigenvalue weighted by molar-refractivity contribution is 8.08. The highest BCUT2D eigenvalue weighted by atomic mass is 32.2. The SMILES string of the molecule is CCCCCCCCSC1=C(SCCCCCCCC)C(=O)NC1=O. The van der Waals surface area contributed by atoms with E-state index in [-0.39, 0.29) is 11.8 Å². The van der Waals surface area contributed by atoms with Gasteiger partial charge >= 0.3 is 0 Å². The van der Waals surface area contributed by atoms with Crippen LogP contribution in [0.2, 0.25) is 0 Å². The molecule has 0 saturated carbocycles. The summed E-state index contributed by atoms with van der Waals surface area (Å²) in [5, 5.41) is 2.46. The van der Waals surface area contributed by atoms with Gasteiger partial charge in [0.1, 0.15) is 0 Å². The fraction of sp³-hybridized carbons (Fsp3) is 0.800. The molecule has 0 aromatic rings. The van der Waals surface area contributed by atoms with E-state index in [0.717, 1.165) is 24.3 Å². The number of rotatable bonds is 16. The minimum atomic E-state index is -0.188. The van der Waals surface area contributed by atoms with E-state index in [1.807, 2.05) is 0 Å². The second kappa shape index (κ2) is 14.7. The van der Waals surface area contributed by atoms with Gasteiger partial charge in [0.05, 0.1) is 9.81 Å². The van der Waals surface area contributed by atoms with E-state index >= 15 is 0 Å². The molecule has 0 atom stereocenters. The molecule has 0 radical (unpaired) electrons. The summed E-state index contributed by atoms with van der Waals surface area (Å²) < 4.78 is 0. The Morgan fingerprint density at radius 2 is 0.960 bits per heavy atom. The van der Waals surface area contributed by atoms with Crippen LogP contribution in [0.3, 0.4) is 0 Å². The van der Waals surface area contributed by atoms with Gasteiger partial charge in [-0.2, -0.15) is 0 Å². The molecule has 0 fully saturated rings. The Labute approximate surface area is 162 Å². The van der Waals surface area contributed by atoms with Gasteiger partial charge in [-0.1, -0.05) is 78.1 Å². The highest BCUT2D eigenvalue weighted by Gasteiger charge is 2.30. The van der Waals surface area contributed by atoms with Crippen LogP contribution in [0.1, 0.15) is 90.9 Å². The normalized spacial score (nSPS) is 14.5. The van der Waals surface area contributed by atoms with E-state index in [1.165, 1.54) is 64.2 Å². The van der Waals surface area contributed by atoms with E-state index in [4.69, 9.17) is 0 Å². The average molecular weight is 386 g/mol. The van der Waals surface area contributed by atoms with Crippen LogP contribution in [0.15, 0.2) is 9.81 Å². The zero-order valence-electron chi connectivity index (χ0n) is 16.0. The molecule has 25 heavy (non-hydrogen) atoms. The molecule has 3 nitrogen and oxygen atoms in total. The molecule has 1 heterocycles. The summed E-state index contributed by atoms with van der Waals surface area (Å²) in [5.41, 5.74) is 0. The summed E-state index contributed by atoms with van der Waals surface area (Å²) in [6, 6.07) is 0. The number of thioether (sulfide) groups is 2. The third kappa shape index (κ3) is 9.74. The molecule has 2 amide bonds. The minimum Gasteiger partial charge on any atom is -0.287 e. The number of hydrogen-bond acceptors (Lipinski definition) is 4. The van der Waals surface area contributed by atoms with Gasteiger partial charge in [0.25, 0.3) is 11.8 Å². The molecule has 0 spiro atoms. The number of carbonyl (C=O) groups is 2. The van der Waals surface area contributed by atoms with Gasteiger partial charge in [-0.3, -0.25) is 14.9 Å². The predicted octanol–water partition coefficient (Wildman–Crippen LogP) is 6.04. The summed E-state index contributed by atoms with van der Waals surface area (Å²) in [6.07, 6.45) is 15.0. The maximum absolute atomic E-state index is 12.0. The van der Waals surface area contributed by atoms with E-state index in [2.05, 4.69) is 19.2 Å². The third-order valence-corrected chi connectivity index (χ3v) is 6.81. The smallest absolute Gasteiger partial charge is 0.265 e. The lowest BCUT2D eigenvalue weighted by Gasteiger charge is -2.05. The lowest BCUT2D eigenvalue weighted by Crippen LogP contribution is -2.22. The lowest BCUT2D eigenvalue weighted by atomic mass is 10.1. The van der Waals surface area contributed by atoms with Gasteiger partial charge in [0.15, 0.2) is 0 Å². The number of amides is 2. The first-order chi connectivity index (χ1) is 12.2. The molecule has 0 aromatic heterocycles. The van der Waals surface area contributed by atoms with Gasteiger partial charge in [-0.15, -0.1) is 23.5 Å². The number of imide groups is 1. The summed E-state index contributed by atoms with van der Waals surface area (Å²) in [7, 11) is 0. The Morgan fingerprint density at radius 1 is 0.600 bits per heavy atom. The number of unbranched alkanes of at least 4 members (excludes halogenated alkanes) is 10. The quantitative estimate of drug-likeness (QED) is 0.260. The number of carbonyl (C=O) groups excluding carboxylic acids is 2. The number of hydrogen-bond donors (Lipinski definition) is 1. The van der Waals surface area contributed by atoms with Crippen LogP contribution < -0.4 is 5.32 Å². The lowest BCUT2D eigenvalue weighted by molar-refractivity contribution is -0.123. The summed E-state index contributed by atoms with van der Waals surface area (Å²) in [6.45, 7) is 4.45. The molecule has 1 rings (SSSR count). The predicted molar refractivity (Wildman–Crippen MR) is 112 cm³/mol. The van der Waals surface area contributed by atoms with E-state index in [9.17, 15) is 9.59 Å². The van der Waals surface area contributed by atoms with Crippen molar-refractivity contribution >= 4 is 35.3 Å². The van der Waals surface area contributed by atoms with Gasteiger partial charge in [-0.25, -0.2) is 0 Å². The van der Waals surface area contributed by atoms with Crippen molar-refractivity contribution in [3.63, 3.8) is 0 Å². The molecule has 0 aromatic carbocycles. The third-order valence-electron chi connectivity index (χ3n) is 4.33. The largest absolute Gasteiger partial charge is 0.287 e. The first-order valence-corrected chi connectivity index (χ1v) is 12.0. The molecular formula is C20H35NO2S2. The second-order valence-electron chi connectivity index (χ2n) is 6.67. The first kappa shape index (κ1) is 22.6. The monoisotopic (exact) mass is 385 g/mol. The van der Waals surface area contributed by atoms with Crippen LogP contribution in [0.25, 0.3) is 0 Å². The standard InChI is InChI=1S/C20H35NO2S2/c1-3-5-7-9-11-13-15-24-17-18(20(23)21-19(17)22)25-16-14-12-10-8-6-4-2/h3-16H2,1-2H3,(H,21,22,23). The van der Waals surface area contributed by atoms with Crippen molar-refractivity contribution in [3.05, 3.63) is 9.81 Å². The molecule has 0 bridgehead atoms. The molecular weight excluding hydrogens is 350 g/mol. The minimum absolute atomic E-state index is 0.188.